The van der Waals surface area contributed by atoms with E-state index in [2.05, 4.69) is 15.2 Å². The molecule has 1 saturated heterocycles. The number of carbonyl (C=O) groups is 1. The zero-order valence-electron chi connectivity index (χ0n) is 15.5. The fraction of sp³-hybridized carbons (Fsp3) is 0.450. The van der Waals surface area contributed by atoms with E-state index in [0.717, 1.165) is 24.6 Å². The van der Waals surface area contributed by atoms with Gasteiger partial charge in [-0.3, -0.25) is 0 Å². The summed E-state index contributed by atoms with van der Waals surface area (Å²) in [5.41, 5.74) is 2.03. The highest BCUT2D eigenvalue weighted by molar-refractivity contribution is 5.96. The Morgan fingerprint density at radius 3 is 2.62 bits per heavy atom. The van der Waals surface area contributed by atoms with Gasteiger partial charge < -0.3 is 15.0 Å². The lowest BCUT2D eigenvalue weighted by molar-refractivity contribution is 0.0527. The largest absolute Gasteiger partial charge is 0.462 e. The van der Waals surface area contributed by atoms with Crippen molar-refractivity contribution in [1.29, 1.82) is 0 Å². The summed E-state index contributed by atoms with van der Waals surface area (Å²) < 4.78 is 5.13. The molecular weight excluding hydrogens is 328 g/mol. The average Bonchev–Trinajstić information content (AvgIpc) is 2.91. The number of benzene rings is 1. The minimum Gasteiger partial charge on any atom is -0.462 e. The number of para-hydroxylation sites is 1. The zero-order chi connectivity index (χ0) is 18.4. The van der Waals surface area contributed by atoms with E-state index in [1.807, 2.05) is 31.2 Å². The number of aryl methyl sites for hydroxylation is 1. The molecule has 6 heteroatoms. The van der Waals surface area contributed by atoms with Crippen molar-refractivity contribution in [3.05, 3.63) is 41.6 Å². The van der Waals surface area contributed by atoms with Crippen LogP contribution in [0.3, 0.4) is 0 Å². The predicted octanol–water partition coefficient (Wildman–Crippen LogP) is 4.09. The highest BCUT2D eigenvalue weighted by Crippen LogP contribution is 2.23. The van der Waals surface area contributed by atoms with Gasteiger partial charge in [-0.05, 0) is 38.8 Å². The van der Waals surface area contributed by atoms with Crippen LogP contribution in [0.1, 0.15) is 48.7 Å². The summed E-state index contributed by atoms with van der Waals surface area (Å²) in [5, 5.41) is 3.20. The molecule has 26 heavy (non-hydrogen) atoms. The predicted molar refractivity (Wildman–Crippen MR) is 103 cm³/mol. The quantitative estimate of drug-likeness (QED) is 0.816. The van der Waals surface area contributed by atoms with Crippen LogP contribution in [0, 0.1) is 6.92 Å². The molecule has 0 amide bonds. The van der Waals surface area contributed by atoms with Gasteiger partial charge in [0.2, 0.25) is 5.95 Å². The van der Waals surface area contributed by atoms with E-state index in [4.69, 9.17) is 9.72 Å². The van der Waals surface area contributed by atoms with Gasteiger partial charge in [-0.2, -0.15) is 4.98 Å². The third kappa shape index (κ3) is 4.50. The molecule has 6 nitrogen and oxygen atoms in total. The first kappa shape index (κ1) is 18.2. The van der Waals surface area contributed by atoms with Crippen molar-refractivity contribution in [1.82, 2.24) is 9.97 Å². The highest BCUT2D eigenvalue weighted by Gasteiger charge is 2.15. The van der Waals surface area contributed by atoms with Crippen LogP contribution in [0.4, 0.5) is 17.5 Å². The standard InChI is InChI=1S/C20H26N4O2/c1-3-26-19(25)16-10-6-7-11-17(16)22-20-21-15(2)14-18(23-20)24-12-8-4-5-9-13-24/h6-7,10-11,14H,3-5,8-9,12-13H2,1-2H3,(H,21,22,23). The second-order valence-corrected chi connectivity index (χ2v) is 6.48. The molecule has 0 spiro atoms. The van der Waals surface area contributed by atoms with Crippen LogP contribution in [0.2, 0.25) is 0 Å². The lowest BCUT2D eigenvalue weighted by Crippen LogP contribution is -2.25. The number of hydrogen-bond acceptors (Lipinski definition) is 6. The molecule has 1 aromatic heterocycles. The third-order valence-corrected chi connectivity index (χ3v) is 4.44. The summed E-state index contributed by atoms with van der Waals surface area (Å²) in [6.45, 7) is 6.15. The Hall–Kier alpha value is -2.63. The van der Waals surface area contributed by atoms with Crippen molar-refractivity contribution >= 4 is 23.4 Å². The van der Waals surface area contributed by atoms with Gasteiger partial charge in [0.15, 0.2) is 0 Å². The number of carbonyl (C=O) groups excluding carboxylic acids is 1. The van der Waals surface area contributed by atoms with Crippen molar-refractivity contribution in [3.8, 4) is 0 Å². The SMILES string of the molecule is CCOC(=O)c1ccccc1Nc1nc(C)cc(N2CCCCCC2)n1. The van der Waals surface area contributed by atoms with Gasteiger partial charge >= 0.3 is 5.97 Å². The molecule has 0 unspecified atom stereocenters. The van der Waals surface area contributed by atoms with Crippen molar-refractivity contribution in [2.24, 2.45) is 0 Å². The molecule has 1 aliphatic rings. The maximum atomic E-state index is 12.2. The van der Waals surface area contributed by atoms with Crippen LogP contribution in [0.15, 0.2) is 30.3 Å². The average molecular weight is 354 g/mol. The molecule has 1 aliphatic heterocycles. The van der Waals surface area contributed by atoms with Crippen LogP contribution >= 0.6 is 0 Å². The third-order valence-electron chi connectivity index (χ3n) is 4.44. The van der Waals surface area contributed by atoms with Gasteiger partial charge in [0.25, 0.3) is 0 Å². The van der Waals surface area contributed by atoms with Crippen LogP contribution in [-0.2, 0) is 4.74 Å². The summed E-state index contributed by atoms with van der Waals surface area (Å²) in [4.78, 5) is 23.7. The molecule has 0 atom stereocenters. The van der Waals surface area contributed by atoms with Gasteiger partial charge in [0.1, 0.15) is 5.82 Å². The van der Waals surface area contributed by atoms with Crippen molar-refractivity contribution in [2.75, 3.05) is 29.9 Å². The van der Waals surface area contributed by atoms with Crippen molar-refractivity contribution in [3.63, 3.8) is 0 Å². The van der Waals surface area contributed by atoms with E-state index >= 15 is 0 Å². The van der Waals surface area contributed by atoms with Crippen LogP contribution in [0.25, 0.3) is 0 Å². The Morgan fingerprint density at radius 1 is 1.15 bits per heavy atom. The molecule has 2 aromatic rings. The van der Waals surface area contributed by atoms with Crippen molar-refractivity contribution < 1.29 is 9.53 Å². The van der Waals surface area contributed by atoms with Crippen LogP contribution in [-0.4, -0.2) is 35.6 Å². The molecule has 0 radical (unpaired) electrons. The lowest BCUT2D eigenvalue weighted by atomic mass is 10.2. The lowest BCUT2D eigenvalue weighted by Gasteiger charge is -2.22. The first-order chi connectivity index (χ1) is 12.7. The molecule has 1 aromatic carbocycles. The molecular formula is C20H26N4O2. The number of nitrogens with one attached hydrogen (secondary N) is 1. The van der Waals surface area contributed by atoms with Crippen LogP contribution in [0.5, 0.6) is 0 Å². The number of aromatic nitrogens is 2. The topological polar surface area (TPSA) is 67.3 Å². The Bertz CT molecular complexity index is 755. The van der Waals surface area contributed by atoms with Gasteiger partial charge in [-0.15, -0.1) is 0 Å². The number of nitrogens with zero attached hydrogens (tertiary/aromatic N) is 3. The number of esters is 1. The first-order valence-electron chi connectivity index (χ1n) is 9.31. The summed E-state index contributed by atoms with van der Waals surface area (Å²) in [7, 11) is 0. The minimum absolute atomic E-state index is 0.340. The summed E-state index contributed by atoms with van der Waals surface area (Å²) in [6, 6.07) is 9.29. The Labute approximate surface area is 154 Å². The minimum atomic E-state index is -0.351. The first-order valence-corrected chi connectivity index (χ1v) is 9.31. The van der Waals surface area contributed by atoms with Crippen molar-refractivity contribution in [2.45, 2.75) is 39.5 Å². The smallest absolute Gasteiger partial charge is 0.340 e. The fourth-order valence-corrected chi connectivity index (χ4v) is 3.17. The van der Waals surface area contributed by atoms with E-state index in [0.29, 0.717) is 23.8 Å². The highest BCUT2D eigenvalue weighted by atomic mass is 16.5. The molecule has 1 N–H and O–H groups in total. The van der Waals surface area contributed by atoms with Crippen LogP contribution < -0.4 is 10.2 Å². The van der Waals surface area contributed by atoms with Gasteiger partial charge in [-0.25, -0.2) is 9.78 Å². The molecule has 0 saturated carbocycles. The van der Waals surface area contributed by atoms with E-state index in [9.17, 15) is 4.79 Å². The number of rotatable bonds is 5. The van der Waals surface area contributed by atoms with E-state index in [-0.39, 0.29) is 5.97 Å². The molecule has 1 fully saturated rings. The Balaban J connectivity index is 1.85. The molecule has 138 valence electrons. The summed E-state index contributed by atoms with van der Waals surface area (Å²) in [6.07, 6.45) is 4.94. The molecule has 2 heterocycles. The maximum Gasteiger partial charge on any atom is 0.340 e. The van der Waals surface area contributed by atoms with E-state index < -0.39 is 0 Å². The second-order valence-electron chi connectivity index (χ2n) is 6.48. The zero-order valence-corrected chi connectivity index (χ0v) is 15.5. The molecule has 0 aliphatic carbocycles. The monoisotopic (exact) mass is 354 g/mol. The molecule has 0 bridgehead atoms. The van der Waals surface area contributed by atoms with Gasteiger partial charge in [0, 0.05) is 24.8 Å². The Morgan fingerprint density at radius 2 is 1.88 bits per heavy atom. The number of ether oxygens (including phenoxy) is 1. The second kappa shape index (κ2) is 8.65. The summed E-state index contributed by atoms with van der Waals surface area (Å²) in [5.74, 6) is 1.09. The Kier molecular flexibility index (Phi) is 6.04. The van der Waals surface area contributed by atoms with E-state index in [1.54, 1.807) is 13.0 Å². The van der Waals surface area contributed by atoms with Gasteiger partial charge in [0.05, 0.1) is 17.9 Å². The number of hydrogen-bond donors (Lipinski definition) is 1. The normalized spacial score (nSPS) is 14.6. The maximum absolute atomic E-state index is 12.2. The van der Waals surface area contributed by atoms with E-state index in [1.165, 1.54) is 25.7 Å². The number of anilines is 3. The van der Waals surface area contributed by atoms with Gasteiger partial charge in [-0.1, -0.05) is 25.0 Å². The summed E-state index contributed by atoms with van der Waals surface area (Å²) >= 11 is 0. The fourth-order valence-electron chi connectivity index (χ4n) is 3.17. The molecule has 3 rings (SSSR count).